The van der Waals surface area contributed by atoms with Crippen molar-refractivity contribution in [2.75, 3.05) is 12.0 Å². The molecule has 0 spiro atoms. The third kappa shape index (κ3) is 4.55. The molecule has 1 amide bonds. The Kier molecular flexibility index (Phi) is 6.61. The van der Waals surface area contributed by atoms with Crippen molar-refractivity contribution in [1.82, 2.24) is 0 Å². The number of thiophene rings is 1. The summed E-state index contributed by atoms with van der Waals surface area (Å²) in [5.74, 6) is 0.0655. The summed E-state index contributed by atoms with van der Waals surface area (Å²) in [6.07, 6.45) is 1.73. The Hall–Kier alpha value is -3.12. The van der Waals surface area contributed by atoms with Crippen LogP contribution in [0.4, 0.5) is 10.1 Å². The first-order valence-corrected chi connectivity index (χ1v) is 11.6. The maximum absolute atomic E-state index is 13.5. The number of hydrogen-bond acceptors (Lipinski definition) is 6. The molecule has 3 aromatic rings. The Bertz CT molecular complexity index is 1280. The topological polar surface area (TPSA) is 65.7 Å². The molecule has 9 heteroatoms. The van der Waals surface area contributed by atoms with Crippen LogP contribution in [0.25, 0.3) is 6.08 Å². The van der Waals surface area contributed by atoms with E-state index in [0.717, 1.165) is 4.88 Å². The number of hydrogen-bond donors (Lipinski definition) is 0. The molecule has 0 saturated carbocycles. The minimum atomic E-state index is -0.473. The quantitative estimate of drug-likeness (QED) is 0.411. The van der Waals surface area contributed by atoms with Crippen molar-refractivity contribution in [3.05, 3.63) is 86.5 Å². The highest BCUT2D eigenvalue weighted by molar-refractivity contribution is 8.13. The predicted molar refractivity (Wildman–Crippen MR) is 128 cm³/mol. The van der Waals surface area contributed by atoms with Gasteiger partial charge in [-0.2, -0.15) is 5.26 Å². The van der Waals surface area contributed by atoms with Crippen molar-refractivity contribution in [2.45, 2.75) is 5.75 Å². The number of halogens is 2. The van der Waals surface area contributed by atoms with Crippen molar-refractivity contribution in [1.29, 1.82) is 5.26 Å². The van der Waals surface area contributed by atoms with Crippen LogP contribution >= 0.6 is 34.7 Å². The highest BCUT2D eigenvalue weighted by Gasteiger charge is 2.32. The fourth-order valence-electron chi connectivity index (χ4n) is 3.04. The maximum atomic E-state index is 13.5. The predicted octanol–water partition coefficient (Wildman–Crippen LogP) is 6.10. The Morgan fingerprint density at radius 3 is 2.84 bits per heavy atom. The molecule has 4 rings (SSSR count). The second kappa shape index (κ2) is 9.57. The normalized spacial score (nSPS) is 14.6. The van der Waals surface area contributed by atoms with Crippen molar-refractivity contribution < 1.29 is 13.9 Å². The Morgan fingerprint density at radius 1 is 1.31 bits per heavy atom. The number of nitrogens with zero attached hydrogens (tertiary/aromatic N) is 3. The zero-order valence-corrected chi connectivity index (χ0v) is 19.1. The number of carbonyl (C=O) groups is 1. The summed E-state index contributed by atoms with van der Waals surface area (Å²) < 4.78 is 18.7. The van der Waals surface area contributed by atoms with Gasteiger partial charge in [0.2, 0.25) is 0 Å². The molecule has 1 aliphatic heterocycles. The minimum absolute atomic E-state index is 0.246. The van der Waals surface area contributed by atoms with Crippen LogP contribution in [0.5, 0.6) is 5.75 Å². The van der Waals surface area contributed by atoms with E-state index in [1.54, 1.807) is 30.3 Å². The third-order valence-electron chi connectivity index (χ3n) is 4.59. The van der Waals surface area contributed by atoms with E-state index in [-0.39, 0.29) is 11.5 Å². The Balaban J connectivity index is 1.69. The van der Waals surface area contributed by atoms with E-state index in [1.807, 2.05) is 23.6 Å². The van der Waals surface area contributed by atoms with E-state index in [4.69, 9.17) is 16.3 Å². The van der Waals surface area contributed by atoms with Gasteiger partial charge < -0.3 is 4.74 Å². The van der Waals surface area contributed by atoms with Gasteiger partial charge in [0.05, 0.1) is 29.5 Å². The Morgan fingerprint density at radius 2 is 2.16 bits per heavy atom. The lowest BCUT2D eigenvalue weighted by molar-refractivity contribution is -0.113. The van der Waals surface area contributed by atoms with Crippen LogP contribution in [0.1, 0.15) is 16.0 Å². The molecular weight excluding hydrogens is 469 g/mol. The summed E-state index contributed by atoms with van der Waals surface area (Å²) in [6.45, 7) is 0. The number of rotatable bonds is 5. The lowest BCUT2D eigenvalue weighted by Gasteiger charge is -2.19. The Labute approximate surface area is 197 Å². The first-order chi connectivity index (χ1) is 15.5. The molecule has 0 N–H and O–H groups in total. The molecule has 2 aromatic carbocycles. The van der Waals surface area contributed by atoms with Gasteiger partial charge in [-0.1, -0.05) is 35.5 Å². The van der Waals surface area contributed by atoms with E-state index in [0.29, 0.717) is 38.6 Å². The minimum Gasteiger partial charge on any atom is -0.495 e. The highest BCUT2D eigenvalue weighted by atomic mass is 35.5. The smallest absolute Gasteiger partial charge is 0.283 e. The highest BCUT2D eigenvalue weighted by Crippen LogP contribution is 2.35. The van der Waals surface area contributed by atoms with Crippen LogP contribution in [0, 0.1) is 17.1 Å². The molecule has 2 heterocycles. The van der Waals surface area contributed by atoms with Crippen molar-refractivity contribution in [3.8, 4) is 11.8 Å². The molecule has 160 valence electrons. The summed E-state index contributed by atoms with van der Waals surface area (Å²) in [5.41, 5.74) is 1.73. The van der Waals surface area contributed by atoms with Crippen molar-refractivity contribution in [2.24, 2.45) is 4.99 Å². The van der Waals surface area contributed by atoms with Gasteiger partial charge in [0.25, 0.3) is 5.91 Å². The van der Waals surface area contributed by atoms with E-state index >= 15 is 0 Å². The van der Waals surface area contributed by atoms with Crippen LogP contribution in [-0.2, 0) is 10.5 Å². The zero-order chi connectivity index (χ0) is 22.7. The third-order valence-corrected chi connectivity index (χ3v) is 6.70. The number of carbonyl (C=O) groups excluding carboxylic acids is 1. The standard InChI is InChI=1S/C23H15ClFN3O2S2/c1-30-21-7-6-17(10-19(21)24)28-22(29)20(11-18-3-2-8-31-18)27-23(28)32-13-14-4-5-16(25)9-15(14)12-26/h2-11H,13H2,1H3/b20-11-. The van der Waals surface area contributed by atoms with E-state index in [2.05, 4.69) is 4.99 Å². The van der Waals surface area contributed by atoms with Crippen LogP contribution in [0.3, 0.4) is 0 Å². The van der Waals surface area contributed by atoms with E-state index in [1.165, 1.54) is 47.2 Å². The molecule has 32 heavy (non-hydrogen) atoms. The van der Waals surface area contributed by atoms with Gasteiger partial charge in [-0.15, -0.1) is 11.3 Å². The molecule has 0 radical (unpaired) electrons. The SMILES string of the molecule is COc1ccc(N2C(=O)/C(=C/c3cccs3)N=C2SCc2ccc(F)cc2C#N)cc1Cl. The second-order valence-electron chi connectivity index (χ2n) is 6.60. The molecule has 0 unspecified atom stereocenters. The van der Waals surface area contributed by atoms with E-state index in [9.17, 15) is 14.4 Å². The fraction of sp³-hybridized carbons (Fsp3) is 0.0870. The number of methoxy groups -OCH3 is 1. The van der Waals surface area contributed by atoms with Crippen LogP contribution in [-0.4, -0.2) is 18.2 Å². The number of ether oxygens (including phenoxy) is 1. The molecule has 0 aliphatic carbocycles. The van der Waals surface area contributed by atoms with Crippen LogP contribution < -0.4 is 9.64 Å². The van der Waals surface area contributed by atoms with Gasteiger partial charge >= 0.3 is 0 Å². The zero-order valence-electron chi connectivity index (χ0n) is 16.7. The van der Waals surface area contributed by atoms with Gasteiger partial charge in [-0.25, -0.2) is 9.38 Å². The van der Waals surface area contributed by atoms with Crippen LogP contribution in [0.2, 0.25) is 5.02 Å². The van der Waals surface area contributed by atoms with Gasteiger partial charge in [0.15, 0.2) is 5.17 Å². The number of thioether (sulfide) groups is 1. The summed E-state index contributed by atoms with van der Waals surface area (Å²) in [4.78, 5) is 20.2. The summed E-state index contributed by atoms with van der Waals surface area (Å²) in [6, 6.07) is 14.9. The monoisotopic (exact) mass is 483 g/mol. The van der Waals surface area contributed by atoms with Gasteiger partial charge in [0, 0.05) is 10.6 Å². The summed E-state index contributed by atoms with van der Waals surface area (Å²) in [5, 5.41) is 12.0. The van der Waals surface area contributed by atoms with Gasteiger partial charge in [-0.05, 0) is 53.4 Å². The lowest BCUT2D eigenvalue weighted by Crippen LogP contribution is -2.30. The second-order valence-corrected chi connectivity index (χ2v) is 8.93. The molecular formula is C23H15ClFN3O2S2. The number of anilines is 1. The number of nitriles is 1. The fourth-order valence-corrected chi connectivity index (χ4v) is 4.96. The molecule has 0 bridgehead atoms. The largest absolute Gasteiger partial charge is 0.495 e. The molecule has 1 aliphatic rings. The average Bonchev–Trinajstić information content (AvgIpc) is 3.41. The average molecular weight is 484 g/mol. The van der Waals surface area contributed by atoms with Crippen molar-refractivity contribution >= 4 is 57.5 Å². The molecule has 0 atom stereocenters. The summed E-state index contributed by atoms with van der Waals surface area (Å²) in [7, 11) is 1.52. The molecule has 0 saturated heterocycles. The molecule has 0 fully saturated rings. The molecule has 1 aromatic heterocycles. The first-order valence-electron chi connectivity index (χ1n) is 9.33. The number of amidine groups is 1. The number of aliphatic imine (C=N–C) groups is 1. The lowest BCUT2D eigenvalue weighted by atomic mass is 10.1. The summed E-state index contributed by atoms with van der Waals surface area (Å²) >= 11 is 9.07. The number of benzene rings is 2. The van der Waals surface area contributed by atoms with Gasteiger partial charge in [0.1, 0.15) is 17.3 Å². The first kappa shape index (κ1) is 22.1. The van der Waals surface area contributed by atoms with Gasteiger partial charge in [-0.3, -0.25) is 9.69 Å². The van der Waals surface area contributed by atoms with Crippen molar-refractivity contribution in [3.63, 3.8) is 0 Å². The van der Waals surface area contributed by atoms with Crippen LogP contribution in [0.15, 0.2) is 64.6 Å². The number of amides is 1. The maximum Gasteiger partial charge on any atom is 0.283 e. The van der Waals surface area contributed by atoms with E-state index < -0.39 is 5.82 Å². The molecule has 5 nitrogen and oxygen atoms in total.